The number of anilines is 4. The smallest absolute Gasteiger partial charge is 0.230 e. The van der Waals surface area contributed by atoms with Gasteiger partial charge >= 0.3 is 0 Å². The molecular weight excluding hydrogens is 266 g/mol. The van der Waals surface area contributed by atoms with Crippen LogP contribution in [0.15, 0.2) is 47.0 Å². The normalized spacial score (nSPS) is 10.4. The Morgan fingerprint density at radius 2 is 1.71 bits per heavy atom. The molecule has 0 saturated carbocycles. The molecule has 2 heterocycles. The van der Waals surface area contributed by atoms with Crippen LogP contribution < -0.4 is 10.6 Å². The second kappa shape index (κ2) is 5.62. The van der Waals surface area contributed by atoms with Crippen LogP contribution in [-0.2, 0) is 0 Å². The number of rotatable bonds is 4. The molecule has 6 nitrogen and oxygen atoms in total. The first kappa shape index (κ1) is 13.1. The molecule has 106 valence electrons. The Morgan fingerprint density at radius 1 is 0.905 bits per heavy atom. The van der Waals surface area contributed by atoms with Crippen LogP contribution in [0.2, 0.25) is 0 Å². The highest BCUT2D eigenvalue weighted by Crippen LogP contribution is 2.18. The number of hydrogen-bond acceptors (Lipinski definition) is 6. The van der Waals surface area contributed by atoms with Crippen molar-refractivity contribution < 1.29 is 4.52 Å². The van der Waals surface area contributed by atoms with Crippen molar-refractivity contribution in [3.63, 3.8) is 0 Å². The summed E-state index contributed by atoms with van der Waals surface area (Å²) >= 11 is 0. The van der Waals surface area contributed by atoms with Gasteiger partial charge in [-0.25, -0.2) is 4.98 Å². The molecule has 6 heteroatoms. The molecule has 0 aliphatic carbocycles. The molecular formula is C15H15N5O. The van der Waals surface area contributed by atoms with Crippen LogP contribution in [0.3, 0.4) is 0 Å². The highest BCUT2D eigenvalue weighted by Gasteiger charge is 2.06. The molecule has 0 bridgehead atoms. The summed E-state index contributed by atoms with van der Waals surface area (Å²) in [5.74, 6) is 2.51. The van der Waals surface area contributed by atoms with Gasteiger partial charge in [0.15, 0.2) is 5.82 Å². The fourth-order valence-corrected chi connectivity index (χ4v) is 1.90. The van der Waals surface area contributed by atoms with Crippen LogP contribution in [0, 0.1) is 13.8 Å². The Kier molecular flexibility index (Phi) is 3.51. The lowest BCUT2D eigenvalue weighted by atomic mass is 10.3. The lowest BCUT2D eigenvalue weighted by Gasteiger charge is -2.08. The third kappa shape index (κ3) is 3.36. The second-order valence-corrected chi connectivity index (χ2v) is 4.66. The van der Waals surface area contributed by atoms with E-state index in [1.165, 1.54) is 0 Å². The molecule has 2 N–H and O–H groups in total. The maximum Gasteiger partial charge on any atom is 0.230 e. The summed E-state index contributed by atoms with van der Waals surface area (Å²) in [6.45, 7) is 3.74. The molecule has 0 saturated heterocycles. The fourth-order valence-electron chi connectivity index (χ4n) is 1.90. The van der Waals surface area contributed by atoms with Gasteiger partial charge in [0.2, 0.25) is 5.95 Å². The van der Waals surface area contributed by atoms with E-state index >= 15 is 0 Å². The summed E-state index contributed by atoms with van der Waals surface area (Å²) < 4.78 is 5.01. The van der Waals surface area contributed by atoms with Gasteiger partial charge in [-0.05, 0) is 26.0 Å². The van der Waals surface area contributed by atoms with Gasteiger partial charge in [-0.2, -0.15) is 4.98 Å². The van der Waals surface area contributed by atoms with Crippen LogP contribution in [0.25, 0.3) is 0 Å². The van der Waals surface area contributed by atoms with E-state index in [0.717, 1.165) is 23.0 Å². The molecule has 0 spiro atoms. The molecule has 0 fully saturated rings. The highest BCUT2D eigenvalue weighted by molar-refractivity contribution is 5.58. The van der Waals surface area contributed by atoms with Gasteiger partial charge in [0.05, 0.1) is 0 Å². The first-order valence-corrected chi connectivity index (χ1v) is 6.57. The van der Waals surface area contributed by atoms with Gasteiger partial charge in [0, 0.05) is 23.5 Å². The molecule has 0 unspecified atom stereocenters. The number of para-hydroxylation sites is 1. The van der Waals surface area contributed by atoms with Crippen molar-refractivity contribution in [2.24, 2.45) is 0 Å². The molecule has 1 aromatic carbocycles. The Bertz CT molecular complexity index is 739. The Labute approximate surface area is 122 Å². The zero-order valence-corrected chi connectivity index (χ0v) is 11.8. The van der Waals surface area contributed by atoms with E-state index in [2.05, 4.69) is 25.8 Å². The molecule has 0 aliphatic heterocycles. The van der Waals surface area contributed by atoms with Crippen LogP contribution in [0.1, 0.15) is 11.5 Å². The van der Waals surface area contributed by atoms with Crippen molar-refractivity contribution in [2.45, 2.75) is 13.8 Å². The molecule has 21 heavy (non-hydrogen) atoms. The van der Waals surface area contributed by atoms with Gasteiger partial charge < -0.3 is 15.2 Å². The van der Waals surface area contributed by atoms with Gasteiger partial charge in [-0.1, -0.05) is 23.4 Å². The maximum atomic E-state index is 5.01. The second-order valence-electron chi connectivity index (χ2n) is 4.66. The zero-order valence-electron chi connectivity index (χ0n) is 11.8. The number of hydrogen-bond donors (Lipinski definition) is 2. The van der Waals surface area contributed by atoms with Crippen molar-refractivity contribution in [2.75, 3.05) is 10.6 Å². The Hall–Kier alpha value is -2.89. The average Bonchev–Trinajstić information content (AvgIpc) is 2.84. The quantitative estimate of drug-likeness (QED) is 0.761. The number of aryl methyl sites for hydroxylation is 2. The number of benzene rings is 1. The van der Waals surface area contributed by atoms with Gasteiger partial charge in [0.25, 0.3) is 0 Å². The summed E-state index contributed by atoms with van der Waals surface area (Å²) in [5.41, 5.74) is 1.82. The maximum absolute atomic E-state index is 5.01. The van der Waals surface area contributed by atoms with E-state index in [-0.39, 0.29) is 0 Å². The molecule has 0 radical (unpaired) electrons. The summed E-state index contributed by atoms with van der Waals surface area (Å²) in [4.78, 5) is 8.75. The third-order valence-electron chi connectivity index (χ3n) is 2.77. The highest BCUT2D eigenvalue weighted by atomic mass is 16.5. The van der Waals surface area contributed by atoms with Crippen LogP contribution in [-0.4, -0.2) is 15.1 Å². The lowest BCUT2D eigenvalue weighted by molar-refractivity contribution is 0.400. The molecule has 0 amide bonds. The van der Waals surface area contributed by atoms with E-state index in [0.29, 0.717) is 11.8 Å². The van der Waals surface area contributed by atoms with Crippen molar-refractivity contribution in [3.8, 4) is 0 Å². The van der Waals surface area contributed by atoms with Crippen molar-refractivity contribution in [3.05, 3.63) is 53.9 Å². The topological polar surface area (TPSA) is 75.9 Å². The predicted molar refractivity (Wildman–Crippen MR) is 81.0 cm³/mol. The monoisotopic (exact) mass is 281 g/mol. The summed E-state index contributed by atoms with van der Waals surface area (Å²) in [5, 5.41) is 10.1. The van der Waals surface area contributed by atoms with Crippen molar-refractivity contribution >= 4 is 23.3 Å². The van der Waals surface area contributed by atoms with E-state index in [4.69, 9.17) is 4.52 Å². The van der Waals surface area contributed by atoms with Crippen LogP contribution >= 0.6 is 0 Å². The fraction of sp³-hybridized carbons (Fsp3) is 0.133. The molecule has 3 aromatic rings. The first-order valence-electron chi connectivity index (χ1n) is 6.57. The minimum absolute atomic E-state index is 0.474. The van der Waals surface area contributed by atoms with E-state index in [1.807, 2.05) is 50.2 Å². The van der Waals surface area contributed by atoms with Gasteiger partial charge in [-0.3, -0.25) is 0 Å². The van der Waals surface area contributed by atoms with Crippen molar-refractivity contribution in [1.29, 1.82) is 0 Å². The average molecular weight is 281 g/mol. The van der Waals surface area contributed by atoms with Gasteiger partial charge in [-0.15, -0.1) is 0 Å². The number of nitrogens with zero attached hydrogens (tertiary/aromatic N) is 3. The number of nitrogens with one attached hydrogen (secondary N) is 2. The molecule has 3 rings (SSSR count). The summed E-state index contributed by atoms with van der Waals surface area (Å²) in [7, 11) is 0. The minimum atomic E-state index is 0.474. The van der Waals surface area contributed by atoms with Crippen molar-refractivity contribution in [1.82, 2.24) is 15.1 Å². The molecule has 0 aliphatic rings. The lowest BCUT2D eigenvalue weighted by Crippen LogP contribution is -2.02. The third-order valence-corrected chi connectivity index (χ3v) is 2.77. The Morgan fingerprint density at radius 3 is 2.43 bits per heavy atom. The zero-order chi connectivity index (χ0) is 14.7. The van der Waals surface area contributed by atoms with E-state index in [1.54, 1.807) is 6.07 Å². The van der Waals surface area contributed by atoms with E-state index < -0.39 is 0 Å². The number of aromatic nitrogens is 3. The largest absolute Gasteiger partial charge is 0.360 e. The van der Waals surface area contributed by atoms with Crippen LogP contribution in [0.4, 0.5) is 23.3 Å². The van der Waals surface area contributed by atoms with Crippen LogP contribution in [0.5, 0.6) is 0 Å². The molecule has 0 atom stereocenters. The van der Waals surface area contributed by atoms with Gasteiger partial charge in [0.1, 0.15) is 11.6 Å². The SMILES string of the molecule is Cc1cc(Nc2ccccc2)nc(Nc2cc(C)on2)n1. The van der Waals surface area contributed by atoms with E-state index in [9.17, 15) is 0 Å². The standard InChI is InChI=1S/C15H15N5O/c1-10-8-13(17-12-6-4-3-5-7-12)18-15(16-10)19-14-9-11(2)21-20-14/h3-9H,1-2H3,(H2,16,17,18,19,20). The summed E-state index contributed by atoms with van der Waals surface area (Å²) in [6, 6.07) is 13.5. The molecule has 2 aromatic heterocycles. The minimum Gasteiger partial charge on any atom is -0.360 e. The first-order chi connectivity index (χ1) is 10.2. The Balaban J connectivity index is 1.82. The summed E-state index contributed by atoms with van der Waals surface area (Å²) in [6.07, 6.45) is 0. The predicted octanol–water partition coefficient (Wildman–Crippen LogP) is 3.57.